The maximum Gasteiger partial charge on any atom is 0.262 e. The number of nitrogens with zero attached hydrogens (tertiary/aromatic N) is 5. The summed E-state index contributed by atoms with van der Waals surface area (Å²) in [6, 6.07) is 0. The second-order valence-electron chi connectivity index (χ2n) is 7.21. The first-order valence-corrected chi connectivity index (χ1v) is 10.9. The lowest BCUT2D eigenvalue weighted by atomic mass is 9.79. The van der Waals surface area contributed by atoms with E-state index in [-0.39, 0.29) is 10.4 Å². The summed E-state index contributed by atoms with van der Waals surface area (Å²) in [5, 5.41) is 3.29. The minimum atomic E-state index is -3.49. The summed E-state index contributed by atoms with van der Waals surface area (Å²) in [5.41, 5.74) is 0.0668. The van der Waals surface area contributed by atoms with Crippen molar-refractivity contribution in [3.8, 4) is 0 Å². The van der Waals surface area contributed by atoms with E-state index >= 15 is 0 Å². The van der Waals surface area contributed by atoms with Gasteiger partial charge in [-0.3, -0.25) is 4.90 Å². The van der Waals surface area contributed by atoms with Crippen LogP contribution in [-0.4, -0.2) is 58.3 Å². The molecule has 25 heavy (non-hydrogen) atoms. The lowest BCUT2D eigenvalue weighted by Gasteiger charge is -2.40. The normalized spacial score (nSPS) is 25.8. The second kappa shape index (κ2) is 6.46. The Kier molecular flexibility index (Phi) is 4.43. The van der Waals surface area contributed by atoms with Gasteiger partial charge in [0.25, 0.3) is 10.0 Å². The number of rotatable bonds is 4. The molecule has 0 amide bonds. The fourth-order valence-electron chi connectivity index (χ4n) is 4.05. The third-order valence-electron chi connectivity index (χ3n) is 5.27. The molecule has 0 bridgehead atoms. The summed E-state index contributed by atoms with van der Waals surface area (Å²) in [6.45, 7) is 4.06. The number of sulfonamides is 1. The van der Waals surface area contributed by atoms with Gasteiger partial charge in [0.15, 0.2) is 5.03 Å². The summed E-state index contributed by atoms with van der Waals surface area (Å²) in [4.78, 5) is 10.9. The highest BCUT2D eigenvalue weighted by molar-refractivity contribution is 7.89. The van der Waals surface area contributed by atoms with Crippen molar-refractivity contribution >= 4 is 21.4 Å². The van der Waals surface area contributed by atoms with Crippen LogP contribution in [0.1, 0.15) is 24.3 Å². The Morgan fingerprint density at radius 1 is 1.24 bits per heavy atom. The lowest BCUT2D eigenvalue weighted by molar-refractivity contribution is 0.0934. The predicted octanol–water partition coefficient (Wildman–Crippen LogP) is 1.55. The van der Waals surface area contributed by atoms with Crippen LogP contribution in [0.3, 0.4) is 0 Å². The van der Waals surface area contributed by atoms with E-state index in [1.54, 1.807) is 33.5 Å². The molecule has 2 fully saturated rings. The van der Waals surface area contributed by atoms with Gasteiger partial charge < -0.3 is 4.57 Å². The van der Waals surface area contributed by atoms with Crippen molar-refractivity contribution in [1.29, 1.82) is 0 Å². The van der Waals surface area contributed by atoms with Gasteiger partial charge >= 0.3 is 0 Å². The van der Waals surface area contributed by atoms with Gasteiger partial charge in [0.1, 0.15) is 5.01 Å². The van der Waals surface area contributed by atoms with Crippen molar-refractivity contribution in [2.45, 2.75) is 30.8 Å². The summed E-state index contributed by atoms with van der Waals surface area (Å²) in [5.74, 6) is 0. The van der Waals surface area contributed by atoms with E-state index in [4.69, 9.17) is 0 Å². The monoisotopic (exact) mass is 381 g/mol. The van der Waals surface area contributed by atoms with Crippen LogP contribution in [0.15, 0.2) is 29.1 Å². The molecule has 0 radical (unpaired) electrons. The van der Waals surface area contributed by atoms with Crippen molar-refractivity contribution in [2.24, 2.45) is 12.5 Å². The average Bonchev–Trinajstić information content (AvgIpc) is 3.30. The molecule has 0 aliphatic carbocycles. The van der Waals surface area contributed by atoms with Crippen molar-refractivity contribution in [3.63, 3.8) is 0 Å². The lowest BCUT2D eigenvalue weighted by Crippen LogP contribution is -2.45. The van der Waals surface area contributed by atoms with Crippen molar-refractivity contribution in [3.05, 3.63) is 29.1 Å². The number of piperidine rings is 1. The zero-order valence-electron chi connectivity index (χ0n) is 14.3. The molecule has 2 aliphatic rings. The van der Waals surface area contributed by atoms with Crippen LogP contribution < -0.4 is 0 Å². The Bertz CT molecular complexity index is 833. The first-order chi connectivity index (χ1) is 12.0. The van der Waals surface area contributed by atoms with Gasteiger partial charge in [-0.25, -0.2) is 18.4 Å². The Morgan fingerprint density at radius 3 is 2.84 bits per heavy atom. The zero-order valence-corrected chi connectivity index (χ0v) is 16.0. The fraction of sp³-hybridized carbons (Fsp3) is 0.625. The Morgan fingerprint density at radius 2 is 2.12 bits per heavy atom. The molecular formula is C16H23N5O2S2. The minimum Gasteiger partial charge on any atom is -0.339 e. The van der Waals surface area contributed by atoms with Gasteiger partial charge in [-0.2, -0.15) is 4.31 Å². The molecule has 2 saturated heterocycles. The van der Waals surface area contributed by atoms with Crippen LogP contribution in [0.25, 0.3) is 0 Å². The van der Waals surface area contributed by atoms with Crippen LogP contribution in [0.2, 0.25) is 0 Å². The highest BCUT2D eigenvalue weighted by Crippen LogP contribution is 2.41. The van der Waals surface area contributed by atoms with Gasteiger partial charge in [-0.05, 0) is 31.2 Å². The van der Waals surface area contributed by atoms with E-state index in [0.29, 0.717) is 13.1 Å². The SMILES string of the molecule is Cn1cnc(S(=O)(=O)N2CC[C@@]3(CCCN(Cc4nccs4)C3)C2)c1. The smallest absolute Gasteiger partial charge is 0.262 e. The summed E-state index contributed by atoms with van der Waals surface area (Å²) < 4.78 is 29.0. The highest BCUT2D eigenvalue weighted by atomic mass is 32.2. The quantitative estimate of drug-likeness (QED) is 0.804. The van der Waals surface area contributed by atoms with Gasteiger partial charge in [-0.1, -0.05) is 0 Å². The molecule has 2 aromatic rings. The summed E-state index contributed by atoms with van der Waals surface area (Å²) in [6.07, 6.45) is 8.09. The van der Waals surface area contributed by atoms with Crippen molar-refractivity contribution in [1.82, 2.24) is 23.7 Å². The number of aryl methyl sites for hydroxylation is 1. The molecule has 4 rings (SSSR count). The van der Waals surface area contributed by atoms with Crippen LogP contribution in [0, 0.1) is 5.41 Å². The third kappa shape index (κ3) is 3.38. The molecule has 0 saturated carbocycles. The van der Waals surface area contributed by atoms with Gasteiger partial charge in [-0.15, -0.1) is 11.3 Å². The third-order valence-corrected chi connectivity index (χ3v) is 7.77. The topological polar surface area (TPSA) is 71.3 Å². The van der Waals surface area contributed by atoms with E-state index in [2.05, 4.69) is 14.9 Å². The Balaban J connectivity index is 1.47. The molecule has 0 N–H and O–H groups in total. The predicted molar refractivity (Wildman–Crippen MR) is 95.6 cm³/mol. The van der Waals surface area contributed by atoms with Crippen LogP contribution >= 0.6 is 11.3 Å². The number of hydrogen-bond donors (Lipinski definition) is 0. The summed E-state index contributed by atoms with van der Waals surface area (Å²) in [7, 11) is -1.70. The van der Waals surface area contributed by atoms with Crippen molar-refractivity contribution in [2.75, 3.05) is 26.2 Å². The van der Waals surface area contributed by atoms with E-state index in [0.717, 1.165) is 43.9 Å². The molecule has 4 heterocycles. The molecule has 136 valence electrons. The first kappa shape index (κ1) is 17.1. The van der Waals surface area contributed by atoms with E-state index < -0.39 is 10.0 Å². The second-order valence-corrected chi connectivity index (χ2v) is 10.1. The number of imidazole rings is 1. The maximum atomic E-state index is 12.8. The molecule has 0 unspecified atom stereocenters. The van der Waals surface area contributed by atoms with Gasteiger partial charge in [0, 0.05) is 44.5 Å². The van der Waals surface area contributed by atoms with E-state index in [1.165, 1.54) is 6.33 Å². The van der Waals surface area contributed by atoms with E-state index in [9.17, 15) is 8.42 Å². The molecule has 2 aromatic heterocycles. The number of aromatic nitrogens is 3. The molecule has 1 spiro atoms. The number of hydrogen-bond acceptors (Lipinski definition) is 6. The number of likely N-dealkylation sites (tertiary alicyclic amines) is 1. The van der Waals surface area contributed by atoms with Crippen molar-refractivity contribution < 1.29 is 8.42 Å². The molecule has 0 aromatic carbocycles. The van der Waals surface area contributed by atoms with E-state index in [1.807, 2.05) is 11.6 Å². The highest BCUT2D eigenvalue weighted by Gasteiger charge is 2.45. The van der Waals surface area contributed by atoms with Gasteiger partial charge in [0.2, 0.25) is 0 Å². The van der Waals surface area contributed by atoms with Gasteiger partial charge in [0.05, 0.1) is 12.9 Å². The molecular weight excluding hydrogens is 358 g/mol. The fourth-order valence-corrected chi connectivity index (χ4v) is 6.23. The zero-order chi connectivity index (χ0) is 17.5. The minimum absolute atomic E-state index is 0.0668. The molecule has 2 aliphatic heterocycles. The van der Waals surface area contributed by atoms with Crippen LogP contribution in [0.5, 0.6) is 0 Å². The average molecular weight is 382 g/mol. The van der Waals surface area contributed by atoms with Crippen LogP contribution in [-0.2, 0) is 23.6 Å². The summed E-state index contributed by atoms with van der Waals surface area (Å²) >= 11 is 1.68. The molecule has 1 atom stereocenters. The standard InChI is InChI=1S/C16H23N5O2S2/c1-19-10-15(18-13-19)25(22,23)21-7-4-16(12-21)3-2-6-20(11-16)9-14-17-5-8-24-14/h5,8,10,13H,2-4,6-7,9,11-12H2,1H3/t16-/m1/s1. The largest absolute Gasteiger partial charge is 0.339 e. The van der Waals surface area contributed by atoms with Crippen LogP contribution in [0.4, 0.5) is 0 Å². The Hall–Kier alpha value is -1.29. The molecule has 9 heteroatoms. The first-order valence-electron chi connectivity index (χ1n) is 8.56. The molecule has 7 nitrogen and oxygen atoms in total. The maximum absolute atomic E-state index is 12.8. The number of thiazole rings is 1. The Labute approximate surface area is 152 Å².